The van der Waals surface area contributed by atoms with Gasteiger partial charge in [-0.3, -0.25) is 4.68 Å². The van der Waals surface area contributed by atoms with Crippen molar-refractivity contribution >= 4 is 0 Å². The zero-order valence-corrected chi connectivity index (χ0v) is 9.03. The second kappa shape index (κ2) is 4.13. The van der Waals surface area contributed by atoms with Gasteiger partial charge in [-0.15, -0.1) is 0 Å². The fourth-order valence-corrected chi connectivity index (χ4v) is 1.71. The number of rotatable bonds is 4. The molecule has 1 N–H and O–H groups in total. The third kappa shape index (κ3) is 1.98. The summed E-state index contributed by atoms with van der Waals surface area (Å²) < 4.78 is 2.08. The molecule has 0 spiro atoms. The minimum atomic E-state index is 0.531. The van der Waals surface area contributed by atoms with E-state index in [2.05, 4.69) is 41.2 Å². The second-order valence-corrected chi connectivity index (χ2v) is 4.27. The molecule has 0 aromatic carbocycles. The number of hydrogen-bond acceptors (Lipinski definition) is 2. The lowest BCUT2D eigenvalue weighted by molar-refractivity contribution is 0.341. The first-order valence-electron chi connectivity index (χ1n) is 5.54. The minimum absolute atomic E-state index is 0.531. The molecule has 0 radical (unpaired) electrons. The van der Waals surface area contributed by atoms with Crippen molar-refractivity contribution in [2.45, 2.75) is 32.7 Å². The lowest BCUT2D eigenvalue weighted by Gasteiger charge is -2.26. The molecule has 1 aliphatic rings. The average molecular weight is 193 g/mol. The average Bonchev–Trinajstić information content (AvgIpc) is 2.58. The molecule has 1 unspecified atom stereocenters. The van der Waals surface area contributed by atoms with Crippen LogP contribution in [0.25, 0.3) is 0 Å². The van der Waals surface area contributed by atoms with Gasteiger partial charge in [-0.2, -0.15) is 5.10 Å². The highest BCUT2D eigenvalue weighted by molar-refractivity contribution is 5.02. The molecule has 0 saturated carbocycles. The molecule has 1 aromatic heterocycles. The van der Waals surface area contributed by atoms with Gasteiger partial charge in [0.25, 0.3) is 0 Å². The van der Waals surface area contributed by atoms with E-state index in [1.807, 2.05) is 0 Å². The molecule has 1 saturated heterocycles. The zero-order chi connectivity index (χ0) is 9.97. The van der Waals surface area contributed by atoms with E-state index in [1.165, 1.54) is 5.69 Å². The highest BCUT2D eigenvalue weighted by Crippen LogP contribution is 2.13. The van der Waals surface area contributed by atoms with Gasteiger partial charge in [0.1, 0.15) is 0 Å². The van der Waals surface area contributed by atoms with Crippen molar-refractivity contribution in [3.05, 3.63) is 18.0 Å². The Morgan fingerprint density at radius 1 is 1.64 bits per heavy atom. The van der Waals surface area contributed by atoms with E-state index in [4.69, 9.17) is 0 Å². The van der Waals surface area contributed by atoms with Crippen LogP contribution in [0.4, 0.5) is 0 Å². The summed E-state index contributed by atoms with van der Waals surface area (Å²) in [5.74, 6) is 0.815. The van der Waals surface area contributed by atoms with Crippen molar-refractivity contribution in [1.82, 2.24) is 15.1 Å². The van der Waals surface area contributed by atoms with Crippen molar-refractivity contribution in [2.24, 2.45) is 5.92 Å². The number of nitrogens with one attached hydrogen (secondary N) is 1. The van der Waals surface area contributed by atoms with Gasteiger partial charge >= 0.3 is 0 Å². The van der Waals surface area contributed by atoms with Crippen LogP contribution < -0.4 is 5.32 Å². The standard InChI is InChI=1S/C11H19N3/c1-3-9(2)14-5-4-11(13-14)6-10-7-12-8-10/h4-5,9-10,12H,3,6-8H2,1-2H3. The van der Waals surface area contributed by atoms with Crippen molar-refractivity contribution in [3.63, 3.8) is 0 Å². The Balaban J connectivity index is 1.94. The van der Waals surface area contributed by atoms with Crippen molar-refractivity contribution < 1.29 is 0 Å². The predicted molar refractivity (Wildman–Crippen MR) is 57.3 cm³/mol. The first-order valence-corrected chi connectivity index (χ1v) is 5.54. The van der Waals surface area contributed by atoms with Gasteiger partial charge in [0.05, 0.1) is 5.69 Å². The first-order chi connectivity index (χ1) is 6.79. The van der Waals surface area contributed by atoms with Gasteiger partial charge in [-0.1, -0.05) is 6.92 Å². The van der Waals surface area contributed by atoms with Crippen LogP contribution in [0, 0.1) is 5.92 Å². The predicted octanol–water partition coefficient (Wildman–Crippen LogP) is 1.62. The summed E-state index contributed by atoms with van der Waals surface area (Å²) >= 11 is 0. The van der Waals surface area contributed by atoms with Gasteiger partial charge < -0.3 is 5.32 Å². The van der Waals surface area contributed by atoms with Crippen LogP contribution in [-0.4, -0.2) is 22.9 Å². The highest BCUT2D eigenvalue weighted by atomic mass is 15.3. The molecule has 78 valence electrons. The Hall–Kier alpha value is -0.830. The smallest absolute Gasteiger partial charge is 0.0628 e. The summed E-state index contributed by atoms with van der Waals surface area (Å²) in [5.41, 5.74) is 1.25. The lowest BCUT2D eigenvalue weighted by Crippen LogP contribution is -2.43. The van der Waals surface area contributed by atoms with Gasteiger partial charge in [-0.05, 0) is 44.8 Å². The van der Waals surface area contributed by atoms with E-state index in [0.717, 1.165) is 31.8 Å². The van der Waals surface area contributed by atoms with E-state index in [1.54, 1.807) is 0 Å². The Morgan fingerprint density at radius 3 is 3.00 bits per heavy atom. The molecule has 1 fully saturated rings. The van der Waals surface area contributed by atoms with Gasteiger partial charge in [0.2, 0.25) is 0 Å². The summed E-state index contributed by atoms with van der Waals surface area (Å²) in [6, 6.07) is 2.69. The molecule has 0 amide bonds. The van der Waals surface area contributed by atoms with E-state index in [9.17, 15) is 0 Å². The number of nitrogens with zero attached hydrogens (tertiary/aromatic N) is 2. The van der Waals surface area contributed by atoms with Crippen LogP contribution in [0.1, 0.15) is 32.0 Å². The van der Waals surface area contributed by atoms with E-state index >= 15 is 0 Å². The maximum absolute atomic E-state index is 4.59. The third-order valence-corrected chi connectivity index (χ3v) is 3.07. The van der Waals surface area contributed by atoms with Gasteiger partial charge in [0, 0.05) is 12.2 Å². The van der Waals surface area contributed by atoms with Gasteiger partial charge in [-0.25, -0.2) is 0 Å². The van der Waals surface area contributed by atoms with Crippen LogP contribution in [0.15, 0.2) is 12.3 Å². The van der Waals surface area contributed by atoms with Crippen molar-refractivity contribution in [2.75, 3.05) is 13.1 Å². The molecule has 3 nitrogen and oxygen atoms in total. The maximum atomic E-state index is 4.59. The molecule has 1 atom stereocenters. The van der Waals surface area contributed by atoms with E-state index < -0.39 is 0 Å². The summed E-state index contributed by atoms with van der Waals surface area (Å²) in [4.78, 5) is 0. The molecule has 3 heteroatoms. The molecule has 1 aliphatic heterocycles. The molecular formula is C11H19N3. The van der Waals surface area contributed by atoms with Crippen molar-refractivity contribution in [1.29, 1.82) is 0 Å². The van der Waals surface area contributed by atoms with Crippen LogP contribution >= 0.6 is 0 Å². The quantitative estimate of drug-likeness (QED) is 0.787. The Labute approximate surface area is 85.5 Å². The summed E-state index contributed by atoms with van der Waals surface area (Å²) in [7, 11) is 0. The summed E-state index contributed by atoms with van der Waals surface area (Å²) in [6.45, 7) is 6.73. The fourth-order valence-electron chi connectivity index (χ4n) is 1.71. The lowest BCUT2D eigenvalue weighted by atomic mass is 9.98. The largest absolute Gasteiger partial charge is 0.316 e. The topological polar surface area (TPSA) is 29.9 Å². The Bertz CT molecular complexity index is 288. The monoisotopic (exact) mass is 193 g/mol. The highest BCUT2D eigenvalue weighted by Gasteiger charge is 2.18. The normalized spacial score (nSPS) is 19.3. The Kier molecular flexibility index (Phi) is 2.87. The van der Waals surface area contributed by atoms with Crippen LogP contribution in [0.2, 0.25) is 0 Å². The fraction of sp³-hybridized carbons (Fsp3) is 0.727. The third-order valence-electron chi connectivity index (χ3n) is 3.07. The van der Waals surface area contributed by atoms with Crippen molar-refractivity contribution in [3.8, 4) is 0 Å². The molecule has 2 rings (SSSR count). The molecule has 2 heterocycles. The summed E-state index contributed by atoms with van der Waals surface area (Å²) in [5, 5.41) is 7.88. The molecule has 14 heavy (non-hydrogen) atoms. The second-order valence-electron chi connectivity index (χ2n) is 4.27. The van der Waals surface area contributed by atoms with E-state index in [-0.39, 0.29) is 0 Å². The van der Waals surface area contributed by atoms with Crippen LogP contribution in [0.5, 0.6) is 0 Å². The molecule has 0 bridgehead atoms. The van der Waals surface area contributed by atoms with Crippen LogP contribution in [-0.2, 0) is 6.42 Å². The zero-order valence-electron chi connectivity index (χ0n) is 9.03. The minimum Gasteiger partial charge on any atom is -0.316 e. The molecular weight excluding hydrogens is 174 g/mol. The number of hydrogen-bond donors (Lipinski definition) is 1. The van der Waals surface area contributed by atoms with Crippen LogP contribution in [0.3, 0.4) is 0 Å². The number of aromatic nitrogens is 2. The van der Waals surface area contributed by atoms with E-state index in [0.29, 0.717) is 6.04 Å². The Morgan fingerprint density at radius 2 is 2.43 bits per heavy atom. The van der Waals surface area contributed by atoms with Gasteiger partial charge in [0.15, 0.2) is 0 Å². The maximum Gasteiger partial charge on any atom is 0.0628 e. The molecule has 1 aromatic rings. The molecule has 0 aliphatic carbocycles. The first kappa shape index (κ1) is 9.71. The summed E-state index contributed by atoms with van der Waals surface area (Å²) in [6.07, 6.45) is 4.39. The SMILES string of the molecule is CCC(C)n1ccc(CC2CNC2)n1.